The first kappa shape index (κ1) is 6.46. The summed E-state index contributed by atoms with van der Waals surface area (Å²) in [5.41, 5.74) is 1.19. The van der Waals surface area contributed by atoms with Crippen molar-refractivity contribution in [2.75, 3.05) is 6.73 Å². The van der Waals surface area contributed by atoms with Gasteiger partial charge in [-0.15, -0.1) is 0 Å². The molecule has 9 heavy (non-hydrogen) atoms. The van der Waals surface area contributed by atoms with E-state index in [9.17, 15) is 0 Å². The predicted molar refractivity (Wildman–Crippen MR) is 36.6 cm³/mol. The lowest BCUT2D eigenvalue weighted by Crippen LogP contribution is -2.04. The Morgan fingerprint density at radius 3 is 2.44 bits per heavy atom. The van der Waals surface area contributed by atoms with Crippen LogP contribution in [-0.2, 0) is 4.74 Å². The maximum Gasteiger partial charge on any atom is 0.158 e. The smallest absolute Gasteiger partial charge is 0.158 e. The lowest BCUT2D eigenvalue weighted by atomic mass is 10.1. The van der Waals surface area contributed by atoms with Crippen LogP contribution in [0, 0.1) is 5.92 Å². The van der Waals surface area contributed by atoms with Crippen molar-refractivity contribution in [2.45, 2.75) is 20.8 Å². The Labute approximate surface area is 55.9 Å². The van der Waals surface area contributed by atoms with Gasteiger partial charge in [0.2, 0.25) is 0 Å². The molecule has 0 saturated carbocycles. The van der Waals surface area contributed by atoms with Gasteiger partial charge in [-0.25, -0.2) is 0 Å². The second-order valence-electron chi connectivity index (χ2n) is 2.61. The molecule has 0 aromatic heterocycles. The van der Waals surface area contributed by atoms with Gasteiger partial charge in [0.05, 0.1) is 0 Å². The number of rotatable bonds is 1. The molecule has 0 fully saturated rings. The molecule has 1 aliphatic heterocycles. The summed E-state index contributed by atoms with van der Waals surface area (Å²) in [4.78, 5) is 0. The van der Waals surface area contributed by atoms with Crippen LogP contribution in [0.4, 0.5) is 0 Å². The Bertz CT molecular complexity index is 138. The number of allylic oxidation sites excluding steroid dienone is 2. The molecular weight excluding hydrogens is 114 g/mol. The third-order valence-electron chi connectivity index (χ3n) is 1.46. The molecule has 1 heterocycles. The summed E-state index contributed by atoms with van der Waals surface area (Å²) in [6, 6.07) is 0. The maximum absolute atomic E-state index is 5.30. The van der Waals surface area contributed by atoms with Crippen molar-refractivity contribution in [3.05, 3.63) is 11.5 Å². The number of hydrogen-bond acceptors (Lipinski definition) is 2. The van der Waals surface area contributed by atoms with Crippen molar-refractivity contribution in [1.29, 1.82) is 0 Å². The second-order valence-corrected chi connectivity index (χ2v) is 2.61. The Morgan fingerprint density at radius 1 is 1.56 bits per heavy atom. The molecule has 1 N–H and O–H groups in total. The van der Waals surface area contributed by atoms with Gasteiger partial charge in [-0.2, -0.15) is 0 Å². The minimum absolute atomic E-state index is 0.514. The zero-order chi connectivity index (χ0) is 6.85. The van der Waals surface area contributed by atoms with Gasteiger partial charge in [-0.05, 0) is 6.92 Å². The standard InChI is InChI=1S/C7H13NO/c1-5(2)7-6(3)8-4-9-7/h5,8H,4H2,1-3H3. The molecule has 0 radical (unpaired) electrons. The summed E-state index contributed by atoms with van der Waals surface area (Å²) in [5, 5.41) is 3.11. The third-order valence-corrected chi connectivity index (χ3v) is 1.46. The van der Waals surface area contributed by atoms with E-state index in [4.69, 9.17) is 4.74 Å². The van der Waals surface area contributed by atoms with Crippen LogP contribution in [0.1, 0.15) is 20.8 Å². The first-order valence-electron chi connectivity index (χ1n) is 3.29. The van der Waals surface area contributed by atoms with Crippen LogP contribution >= 0.6 is 0 Å². The molecule has 1 rings (SSSR count). The van der Waals surface area contributed by atoms with Crippen molar-refractivity contribution in [1.82, 2.24) is 5.32 Å². The average Bonchev–Trinajstić information content (AvgIpc) is 2.13. The molecule has 0 bridgehead atoms. The lowest BCUT2D eigenvalue weighted by molar-refractivity contribution is 0.206. The van der Waals surface area contributed by atoms with Gasteiger partial charge in [0.15, 0.2) is 6.73 Å². The number of nitrogens with one attached hydrogen (secondary N) is 1. The van der Waals surface area contributed by atoms with Crippen molar-refractivity contribution in [2.24, 2.45) is 5.92 Å². The molecule has 0 aromatic rings. The van der Waals surface area contributed by atoms with E-state index in [1.807, 2.05) is 6.92 Å². The normalized spacial score (nSPS) is 18.2. The van der Waals surface area contributed by atoms with Gasteiger partial charge in [-0.1, -0.05) is 13.8 Å². The summed E-state index contributed by atoms with van der Waals surface area (Å²) in [7, 11) is 0. The summed E-state index contributed by atoms with van der Waals surface area (Å²) in [5.74, 6) is 1.62. The number of ether oxygens (including phenoxy) is 1. The fourth-order valence-electron chi connectivity index (χ4n) is 1.02. The summed E-state index contributed by atoms with van der Waals surface area (Å²) >= 11 is 0. The predicted octanol–water partition coefficient (Wildman–Crippen LogP) is 1.45. The number of hydrogen-bond donors (Lipinski definition) is 1. The van der Waals surface area contributed by atoms with Crippen LogP contribution < -0.4 is 5.32 Å². The molecule has 2 nitrogen and oxygen atoms in total. The molecule has 0 spiro atoms. The zero-order valence-electron chi connectivity index (χ0n) is 6.19. The van der Waals surface area contributed by atoms with Crippen LogP contribution in [0.15, 0.2) is 11.5 Å². The molecule has 0 amide bonds. The fraction of sp³-hybridized carbons (Fsp3) is 0.714. The topological polar surface area (TPSA) is 21.3 Å². The molecule has 0 aliphatic carbocycles. The van der Waals surface area contributed by atoms with Crippen molar-refractivity contribution >= 4 is 0 Å². The SMILES string of the molecule is CC1=C(C(C)C)OCN1. The molecule has 0 atom stereocenters. The highest BCUT2D eigenvalue weighted by Gasteiger charge is 2.13. The minimum Gasteiger partial charge on any atom is -0.476 e. The van der Waals surface area contributed by atoms with E-state index in [-0.39, 0.29) is 0 Å². The van der Waals surface area contributed by atoms with Gasteiger partial charge >= 0.3 is 0 Å². The van der Waals surface area contributed by atoms with E-state index in [0.29, 0.717) is 12.6 Å². The molecule has 0 aromatic carbocycles. The van der Waals surface area contributed by atoms with Crippen LogP contribution in [-0.4, -0.2) is 6.73 Å². The Morgan fingerprint density at radius 2 is 2.22 bits per heavy atom. The van der Waals surface area contributed by atoms with E-state index < -0.39 is 0 Å². The van der Waals surface area contributed by atoms with Gasteiger partial charge < -0.3 is 10.1 Å². The Balaban J connectivity index is 2.66. The molecule has 52 valence electrons. The van der Waals surface area contributed by atoms with E-state index in [1.54, 1.807) is 0 Å². The second kappa shape index (κ2) is 2.29. The van der Waals surface area contributed by atoms with Gasteiger partial charge in [0.1, 0.15) is 5.76 Å². The summed E-state index contributed by atoms with van der Waals surface area (Å²) < 4.78 is 5.30. The molecule has 0 saturated heterocycles. The lowest BCUT2D eigenvalue weighted by Gasteiger charge is -2.04. The fourth-order valence-corrected chi connectivity index (χ4v) is 1.02. The molecule has 1 aliphatic rings. The highest BCUT2D eigenvalue weighted by Crippen LogP contribution is 2.17. The van der Waals surface area contributed by atoms with Crippen molar-refractivity contribution in [3.63, 3.8) is 0 Å². The van der Waals surface area contributed by atoms with Crippen molar-refractivity contribution in [3.8, 4) is 0 Å². The average molecular weight is 127 g/mol. The van der Waals surface area contributed by atoms with Gasteiger partial charge in [0, 0.05) is 11.6 Å². The van der Waals surface area contributed by atoms with E-state index in [0.717, 1.165) is 5.76 Å². The molecule has 0 unspecified atom stereocenters. The van der Waals surface area contributed by atoms with Crippen LogP contribution in [0.2, 0.25) is 0 Å². The first-order valence-corrected chi connectivity index (χ1v) is 3.29. The van der Waals surface area contributed by atoms with Crippen LogP contribution in [0.25, 0.3) is 0 Å². The van der Waals surface area contributed by atoms with Crippen LogP contribution in [0.3, 0.4) is 0 Å². The monoisotopic (exact) mass is 127 g/mol. The minimum atomic E-state index is 0.514. The summed E-state index contributed by atoms with van der Waals surface area (Å²) in [6.07, 6.45) is 0. The van der Waals surface area contributed by atoms with Crippen molar-refractivity contribution < 1.29 is 4.74 Å². The van der Waals surface area contributed by atoms with Crippen LogP contribution in [0.5, 0.6) is 0 Å². The van der Waals surface area contributed by atoms with E-state index in [2.05, 4.69) is 19.2 Å². The summed E-state index contributed by atoms with van der Waals surface area (Å²) in [6.45, 7) is 6.96. The largest absolute Gasteiger partial charge is 0.476 e. The maximum atomic E-state index is 5.30. The third kappa shape index (κ3) is 1.18. The highest BCUT2D eigenvalue weighted by molar-refractivity contribution is 5.08. The first-order chi connectivity index (χ1) is 4.22. The quantitative estimate of drug-likeness (QED) is 0.575. The van der Waals surface area contributed by atoms with E-state index in [1.165, 1.54) is 5.70 Å². The zero-order valence-corrected chi connectivity index (χ0v) is 6.19. The Kier molecular flexibility index (Phi) is 1.65. The molecular formula is C7H13NO. The Hall–Kier alpha value is -0.660. The van der Waals surface area contributed by atoms with Gasteiger partial charge in [0.25, 0.3) is 0 Å². The van der Waals surface area contributed by atoms with Gasteiger partial charge in [-0.3, -0.25) is 0 Å². The van der Waals surface area contributed by atoms with E-state index >= 15 is 0 Å². The molecule has 2 heteroatoms. The highest BCUT2D eigenvalue weighted by atomic mass is 16.5.